The van der Waals surface area contributed by atoms with Crippen LogP contribution in [-0.2, 0) is 19.1 Å². The number of esters is 1. The van der Waals surface area contributed by atoms with Gasteiger partial charge in [-0.1, -0.05) is 0 Å². The van der Waals surface area contributed by atoms with Crippen molar-refractivity contribution in [1.82, 2.24) is 24.8 Å². The molecule has 1 amide bonds. The van der Waals surface area contributed by atoms with Gasteiger partial charge in [0.1, 0.15) is 30.6 Å². The van der Waals surface area contributed by atoms with Crippen LogP contribution in [0.1, 0.15) is 13.2 Å². The number of nitrogens with zero attached hydrogens (tertiary/aromatic N) is 4. The van der Waals surface area contributed by atoms with Gasteiger partial charge in [0, 0.05) is 0 Å². The molecule has 2 aromatic heterocycles. The molecular formula is C14H18N6O6. The van der Waals surface area contributed by atoms with Gasteiger partial charge in [0.15, 0.2) is 23.8 Å². The van der Waals surface area contributed by atoms with Crippen LogP contribution in [0.15, 0.2) is 12.7 Å². The van der Waals surface area contributed by atoms with E-state index >= 15 is 0 Å². The highest BCUT2D eigenvalue weighted by atomic mass is 16.6. The molecule has 1 aliphatic heterocycles. The van der Waals surface area contributed by atoms with Gasteiger partial charge in [-0.2, -0.15) is 0 Å². The summed E-state index contributed by atoms with van der Waals surface area (Å²) in [4.78, 5) is 35.4. The number of anilines is 1. The number of carbonyl (C=O) groups is 2. The molecule has 140 valence electrons. The van der Waals surface area contributed by atoms with Crippen molar-refractivity contribution in [2.24, 2.45) is 0 Å². The number of nitrogens with two attached hydrogens (primary N) is 1. The first-order valence-electron chi connectivity index (χ1n) is 7.82. The van der Waals surface area contributed by atoms with Crippen LogP contribution in [0.25, 0.3) is 11.2 Å². The second-order valence-corrected chi connectivity index (χ2v) is 5.53. The highest BCUT2D eigenvalue weighted by Crippen LogP contribution is 2.31. The Kier molecular flexibility index (Phi) is 4.97. The minimum atomic E-state index is -1.51. The number of nitrogens with one attached hydrogen (secondary N) is 1. The van der Waals surface area contributed by atoms with Crippen LogP contribution < -0.4 is 11.1 Å². The van der Waals surface area contributed by atoms with Gasteiger partial charge in [0.2, 0.25) is 0 Å². The van der Waals surface area contributed by atoms with Gasteiger partial charge in [-0.15, -0.1) is 0 Å². The second-order valence-electron chi connectivity index (χ2n) is 5.53. The zero-order valence-corrected chi connectivity index (χ0v) is 13.8. The number of imidazole rings is 1. The van der Waals surface area contributed by atoms with Crippen LogP contribution in [0.4, 0.5) is 5.82 Å². The summed E-state index contributed by atoms with van der Waals surface area (Å²) in [5.74, 6) is -1.24. The van der Waals surface area contributed by atoms with E-state index in [1.165, 1.54) is 17.2 Å². The topological polar surface area (TPSA) is 175 Å². The first-order valence-corrected chi connectivity index (χ1v) is 7.82. The van der Waals surface area contributed by atoms with E-state index in [1.807, 2.05) is 0 Å². The van der Waals surface area contributed by atoms with Gasteiger partial charge < -0.3 is 30.7 Å². The molecule has 0 spiro atoms. The van der Waals surface area contributed by atoms with Crippen molar-refractivity contribution < 1.29 is 29.3 Å². The number of ether oxygens (including phenoxy) is 2. The summed E-state index contributed by atoms with van der Waals surface area (Å²) in [6.45, 7) is 1.44. The van der Waals surface area contributed by atoms with E-state index < -0.39 is 36.4 Å². The van der Waals surface area contributed by atoms with Crippen molar-refractivity contribution in [3.63, 3.8) is 0 Å². The van der Waals surface area contributed by atoms with Gasteiger partial charge >= 0.3 is 5.97 Å². The summed E-state index contributed by atoms with van der Waals surface area (Å²) in [6, 6.07) is 0. The summed E-state index contributed by atoms with van der Waals surface area (Å²) >= 11 is 0. The maximum absolute atomic E-state index is 12.2. The van der Waals surface area contributed by atoms with Crippen LogP contribution in [0.3, 0.4) is 0 Å². The molecule has 0 bridgehead atoms. The van der Waals surface area contributed by atoms with Gasteiger partial charge in [-0.3, -0.25) is 14.2 Å². The van der Waals surface area contributed by atoms with E-state index in [-0.39, 0.29) is 24.6 Å². The SMILES string of the molecule is CCOC(=O)CNC(=O)[C@H]1O[C@@H](n2cnc3c(N)ncnc32)[C@H](O)[C@@H]1O. The average Bonchev–Trinajstić information content (AvgIpc) is 3.16. The van der Waals surface area contributed by atoms with Crippen LogP contribution in [0, 0.1) is 0 Å². The molecule has 0 aliphatic carbocycles. The third-order valence-corrected chi connectivity index (χ3v) is 3.87. The number of amides is 1. The lowest BCUT2D eigenvalue weighted by Crippen LogP contribution is -2.44. The standard InChI is InChI=1S/C14H18N6O6/c1-2-25-6(21)3-16-13(24)10-8(22)9(23)14(26-10)20-5-19-7-11(15)17-4-18-12(7)20/h4-5,8-10,14,22-23H,2-3H2,1H3,(H,16,24)(H2,15,17,18)/t8-,9+,10-,14+/m0/s1. The Hall–Kier alpha value is -2.83. The summed E-state index contributed by atoms with van der Waals surface area (Å²) in [7, 11) is 0. The van der Waals surface area contributed by atoms with Crippen molar-refractivity contribution in [1.29, 1.82) is 0 Å². The molecule has 3 rings (SSSR count). The van der Waals surface area contributed by atoms with Crippen molar-refractivity contribution in [2.75, 3.05) is 18.9 Å². The molecule has 1 saturated heterocycles. The highest BCUT2D eigenvalue weighted by molar-refractivity contribution is 5.86. The molecule has 0 aromatic carbocycles. The largest absolute Gasteiger partial charge is 0.465 e. The number of aliphatic hydroxyl groups excluding tert-OH is 2. The van der Waals surface area contributed by atoms with E-state index in [9.17, 15) is 19.8 Å². The number of carbonyl (C=O) groups excluding carboxylic acids is 2. The van der Waals surface area contributed by atoms with Crippen LogP contribution >= 0.6 is 0 Å². The number of nitrogen functional groups attached to an aromatic ring is 1. The zero-order chi connectivity index (χ0) is 18.8. The molecular weight excluding hydrogens is 348 g/mol. The van der Waals surface area contributed by atoms with E-state index in [2.05, 4.69) is 20.3 Å². The van der Waals surface area contributed by atoms with Gasteiger partial charge in [0.25, 0.3) is 5.91 Å². The van der Waals surface area contributed by atoms with Gasteiger partial charge in [-0.05, 0) is 6.92 Å². The normalized spacial score (nSPS) is 25.3. The van der Waals surface area contributed by atoms with E-state index in [1.54, 1.807) is 6.92 Å². The van der Waals surface area contributed by atoms with Gasteiger partial charge in [-0.25, -0.2) is 15.0 Å². The fourth-order valence-electron chi connectivity index (χ4n) is 2.63. The number of fused-ring (bicyclic) bond motifs is 1. The lowest BCUT2D eigenvalue weighted by Gasteiger charge is -2.16. The third-order valence-electron chi connectivity index (χ3n) is 3.87. The zero-order valence-electron chi connectivity index (χ0n) is 13.8. The number of rotatable bonds is 5. The first-order chi connectivity index (χ1) is 12.4. The maximum atomic E-state index is 12.2. The molecule has 5 N–H and O–H groups in total. The lowest BCUT2D eigenvalue weighted by atomic mass is 10.1. The lowest BCUT2D eigenvalue weighted by molar-refractivity contribution is -0.146. The maximum Gasteiger partial charge on any atom is 0.325 e. The number of hydrogen-bond acceptors (Lipinski definition) is 10. The number of aliphatic hydroxyl groups is 2. The summed E-state index contributed by atoms with van der Waals surface area (Å²) < 4.78 is 11.5. The molecule has 26 heavy (non-hydrogen) atoms. The molecule has 12 heteroatoms. The Balaban J connectivity index is 1.76. The predicted octanol–water partition coefficient (Wildman–Crippen LogP) is -2.29. The molecule has 0 saturated carbocycles. The fraction of sp³-hybridized carbons (Fsp3) is 0.500. The molecule has 2 aromatic rings. The molecule has 12 nitrogen and oxygen atoms in total. The molecule has 4 atom stereocenters. The Morgan fingerprint density at radius 2 is 2.12 bits per heavy atom. The summed E-state index contributed by atoms with van der Waals surface area (Å²) in [6.07, 6.45) is -2.92. The number of hydrogen-bond donors (Lipinski definition) is 4. The second kappa shape index (κ2) is 7.19. The van der Waals surface area contributed by atoms with Crippen molar-refractivity contribution in [3.05, 3.63) is 12.7 Å². The minimum absolute atomic E-state index is 0.144. The Bertz CT molecular complexity index is 825. The fourth-order valence-corrected chi connectivity index (χ4v) is 2.63. The summed E-state index contributed by atoms with van der Waals surface area (Å²) in [5, 5.41) is 22.7. The highest BCUT2D eigenvalue weighted by Gasteiger charge is 2.47. The Morgan fingerprint density at radius 3 is 2.85 bits per heavy atom. The average molecular weight is 366 g/mol. The van der Waals surface area contributed by atoms with Crippen LogP contribution in [-0.4, -0.2) is 73.1 Å². The smallest absolute Gasteiger partial charge is 0.325 e. The van der Waals surface area contributed by atoms with E-state index in [0.717, 1.165) is 0 Å². The van der Waals surface area contributed by atoms with Crippen LogP contribution in [0.2, 0.25) is 0 Å². The van der Waals surface area contributed by atoms with Crippen molar-refractivity contribution in [3.8, 4) is 0 Å². The monoisotopic (exact) mass is 366 g/mol. The Morgan fingerprint density at radius 1 is 1.35 bits per heavy atom. The molecule has 3 heterocycles. The van der Waals surface area contributed by atoms with Gasteiger partial charge in [0.05, 0.1) is 12.9 Å². The van der Waals surface area contributed by atoms with Crippen molar-refractivity contribution >= 4 is 28.9 Å². The van der Waals surface area contributed by atoms with E-state index in [4.69, 9.17) is 15.2 Å². The third kappa shape index (κ3) is 3.16. The predicted molar refractivity (Wildman–Crippen MR) is 85.3 cm³/mol. The molecule has 1 fully saturated rings. The van der Waals surface area contributed by atoms with Crippen molar-refractivity contribution in [2.45, 2.75) is 31.5 Å². The summed E-state index contributed by atoms with van der Waals surface area (Å²) in [5.41, 5.74) is 6.29. The molecule has 1 aliphatic rings. The molecule has 0 unspecified atom stereocenters. The van der Waals surface area contributed by atoms with E-state index in [0.29, 0.717) is 5.52 Å². The first kappa shape index (κ1) is 18.0. The quantitative estimate of drug-likeness (QED) is 0.421. The molecule has 0 radical (unpaired) electrons. The van der Waals surface area contributed by atoms with Crippen LogP contribution in [0.5, 0.6) is 0 Å². The minimum Gasteiger partial charge on any atom is -0.465 e. The Labute approximate surface area is 146 Å². The number of aromatic nitrogens is 4.